The van der Waals surface area contributed by atoms with Crippen molar-refractivity contribution in [1.82, 2.24) is 5.32 Å². The highest BCUT2D eigenvalue weighted by Gasteiger charge is 2.07. The number of ether oxygens (including phenoxy) is 1. The number of unbranched alkanes of at least 4 members (excludes halogenated alkanes) is 2. The summed E-state index contributed by atoms with van der Waals surface area (Å²) in [5.41, 5.74) is 1.44. The largest absolute Gasteiger partial charge is 0.497 e. The number of halogens is 1. The van der Waals surface area contributed by atoms with Crippen molar-refractivity contribution < 1.29 is 4.74 Å². The minimum atomic E-state index is 0.222. The van der Waals surface area contributed by atoms with Crippen LogP contribution in [0.4, 0.5) is 0 Å². The van der Waals surface area contributed by atoms with Gasteiger partial charge in [-0.25, -0.2) is 0 Å². The van der Waals surface area contributed by atoms with Crippen LogP contribution < -0.4 is 10.1 Å². The second-order valence-corrected chi connectivity index (χ2v) is 6.35. The highest BCUT2D eigenvalue weighted by molar-refractivity contribution is 6.31. The Labute approximate surface area is 122 Å². The van der Waals surface area contributed by atoms with E-state index < -0.39 is 0 Å². The molecule has 1 aromatic rings. The van der Waals surface area contributed by atoms with E-state index >= 15 is 0 Å². The summed E-state index contributed by atoms with van der Waals surface area (Å²) < 4.78 is 5.15. The van der Waals surface area contributed by atoms with Crippen LogP contribution in [0.3, 0.4) is 0 Å². The zero-order valence-corrected chi connectivity index (χ0v) is 13.3. The molecule has 1 aromatic carbocycles. The molecule has 0 aliphatic carbocycles. The van der Waals surface area contributed by atoms with Gasteiger partial charge in [-0.1, -0.05) is 24.1 Å². The van der Waals surface area contributed by atoms with E-state index in [1.54, 1.807) is 7.11 Å². The number of hydrogen-bond acceptors (Lipinski definition) is 2. The molecule has 0 amide bonds. The van der Waals surface area contributed by atoms with Gasteiger partial charge in [0.1, 0.15) is 5.75 Å². The maximum atomic E-state index is 6.22. The number of benzene rings is 1. The average molecular weight is 284 g/mol. The molecular formula is C16H26ClNO. The fraction of sp³-hybridized carbons (Fsp3) is 0.625. The van der Waals surface area contributed by atoms with Gasteiger partial charge in [-0.15, -0.1) is 0 Å². The highest BCUT2D eigenvalue weighted by Crippen LogP contribution is 2.23. The molecule has 2 nitrogen and oxygen atoms in total. The first-order valence-electron chi connectivity index (χ1n) is 7.00. The third-order valence-corrected chi connectivity index (χ3v) is 3.39. The van der Waals surface area contributed by atoms with Gasteiger partial charge in [0, 0.05) is 10.6 Å². The second-order valence-electron chi connectivity index (χ2n) is 5.94. The van der Waals surface area contributed by atoms with Gasteiger partial charge in [0.15, 0.2) is 0 Å². The Hall–Kier alpha value is -0.730. The summed E-state index contributed by atoms with van der Waals surface area (Å²) in [6, 6.07) is 5.93. The van der Waals surface area contributed by atoms with Crippen molar-refractivity contribution in [3.63, 3.8) is 0 Å². The third kappa shape index (κ3) is 6.84. The maximum absolute atomic E-state index is 6.22. The monoisotopic (exact) mass is 283 g/mol. The molecule has 0 radical (unpaired) electrons. The average Bonchev–Trinajstić information content (AvgIpc) is 2.33. The van der Waals surface area contributed by atoms with Crippen molar-refractivity contribution in [3.05, 3.63) is 28.8 Å². The topological polar surface area (TPSA) is 21.3 Å². The molecule has 0 aliphatic heterocycles. The predicted octanol–water partition coefficient (Wildman–Crippen LogP) is 4.45. The van der Waals surface area contributed by atoms with E-state index in [2.05, 4.69) is 32.2 Å². The van der Waals surface area contributed by atoms with E-state index in [0.29, 0.717) is 0 Å². The summed E-state index contributed by atoms with van der Waals surface area (Å²) in [5, 5.41) is 4.32. The number of rotatable bonds is 7. The molecule has 0 aromatic heterocycles. The summed E-state index contributed by atoms with van der Waals surface area (Å²) >= 11 is 6.22. The molecule has 0 aliphatic rings. The van der Waals surface area contributed by atoms with Crippen molar-refractivity contribution in [2.24, 2.45) is 0 Å². The Bertz CT molecular complexity index is 385. The lowest BCUT2D eigenvalue weighted by Gasteiger charge is -2.20. The van der Waals surface area contributed by atoms with E-state index in [4.69, 9.17) is 16.3 Å². The van der Waals surface area contributed by atoms with Crippen LogP contribution in [-0.2, 0) is 6.42 Å². The van der Waals surface area contributed by atoms with Crippen molar-refractivity contribution >= 4 is 11.6 Å². The first kappa shape index (κ1) is 16.3. The molecule has 0 bridgehead atoms. The molecule has 0 saturated heterocycles. The molecule has 1 rings (SSSR count). The molecule has 3 heteroatoms. The van der Waals surface area contributed by atoms with E-state index in [-0.39, 0.29) is 5.54 Å². The molecule has 19 heavy (non-hydrogen) atoms. The lowest BCUT2D eigenvalue weighted by Crippen LogP contribution is -2.36. The fourth-order valence-corrected chi connectivity index (χ4v) is 2.20. The molecule has 1 N–H and O–H groups in total. The Morgan fingerprint density at radius 1 is 1.16 bits per heavy atom. The molecule has 0 atom stereocenters. The van der Waals surface area contributed by atoms with E-state index in [0.717, 1.165) is 23.7 Å². The summed E-state index contributed by atoms with van der Waals surface area (Å²) in [6.45, 7) is 7.68. The van der Waals surface area contributed by atoms with Crippen molar-refractivity contribution in [2.45, 2.75) is 52.0 Å². The standard InChI is InChI=1S/C16H26ClNO/c1-16(2,3)18-11-7-5-6-8-13-9-10-14(19-4)12-15(13)17/h9-10,12,18H,5-8,11H2,1-4H3. The summed E-state index contributed by atoms with van der Waals surface area (Å²) in [6.07, 6.45) is 4.66. The second kappa shape index (κ2) is 7.76. The zero-order chi connectivity index (χ0) is 14.3. The van der Waals surface area contributed by atoms with Crippen LogP contribution in [0.5, 0.6) is 5.75 Å². The Balaban J connectivity index is 2.23. The highest BCUT2D eigenvalue weighted by atomic mass is 35.5. The number of nitrogens with one attached hydrogen (secondary N) is 1. The van der Waals surface area contributed by atoms with Crippen LogP contribution in [0, 0.1) is 0 Å². The number of methoxy groups -OCH3 is 1. The fourth-order valence-electron chi connectivity index (χ4n) is 1.94. The molecule has 108 valence electrons. The van der Waals surface area contributed by atoms with Gasteiger partial charge >= 0.3 is 0 Å². The van der Waals surface area contributed by atoms with Gasteiger partial charge < -0.3 is 10.1 Å². The van der Waals surface area contributed by atoms with E-state index in [9.17, 15) is 0 Å². The zero-order valence-electron chi connectivity index (χ0n) is 12.6. The molecule has 0 heterocycles. The smallest absolute Gasteiger partial charge is 0.120 e. The molecule has 0 spiro atoms. The van der Waals surface area contributed by atoms with Crippen LogP contribution in [0.1, 0.15) is 45.6 Å². The van der Waals surface area contributed by atoms with Gasteiger partial charge in [-0.05, 0) is 64.3 Å². The van der Waals surface area contributed by atoms with Crippen LogP contribution >= 0.6 is 11.6 Å². The third-order valence-electron chi connectivity index (χ3n) is 3.04. The van der Waals surface area contributed by atoms with Crippen LogP contribution in [-0.4, -0.2) is 19.2 Å². The lowest BCUT2D eigenvalue weighted by atomic mass is 10.1. The van der Waals surface area contributed by atoms with Crippen molar-refractivity contribution in [3.8, 4) is 5.75 Å². The molecule has 0 fully saturated rings. The summed E-state index contributed by atoms with van der Waals surface area (Å²) in [7, 11) is 1.66. The molecule has 0 unspecified atom stereocenters. The minimum absolute atomic E-state index is 0.222. The van der Waals surface area contributed by atoms with Crippen LogP contribution in [0.25, 0.3) is 0 Å². The first-order chi connectivity index (χ1) is 8.92. The number of hydrogen-bond donors (Lipinski definition) is 1. The van der Waals surface area contributed by atoms with E-state index in [1.807, 2.05) is 12.1 Å². The number of aryl methyl sites for hydroxylation is 1. The normalized spacial score (nSPS) is 11.6. The van der Waals surface area contributed by atoms with Crippen LogP contribution in [0.2, 0.25) is 5.02 Å². The van der Waals surface area contributed by atoms with Gasteiger partial charge in [0.2, 0.25) is 0 Å². The molecular weight excluding hydrogens is 258 g/mol. The predicted molar refractivity (Wildman–Crippen MR) is 83.3 cm³/mol. The summed E-state index contributed by atoms with van der Waals surface area (Å²) in [4.78, 5) is 0. The maximum Gasteiger partial charge on any atom is 0.120 e. The SMILES string of the molecule is COc1ccc(CCCCCNC(C)(C)C)c(Cl)c1. The minimum Gasteiger partial charge on any atom is -0.497 e. The van der Waals surface area contributed by atoms with Gasteiger partial charge in [-0.3, -0.25) is 0 Å². The van der Waals surface area contributed by atoms with Gasteiger partial charge in [-0.2, -0.15) is 0 Å². The van der Waals surface area contributed by atoms with Crippen molar-refractivity contribution in [1.29, 1.82) is 0 Å². The quantitative estimate of drug-likeness (QED) is 0.747. The van der Waals surface area contributed by atoms with Crippen LogP contribution in [0.15, 0.2) is 18.2 Å². The Kier molecular flexibility index (Phi) is 6.67. The Morgan fingerprint density at radius 3 is 2.47 bits per heavy atom. The van der Waals surface area contributed by atoms with Gasteiger partial charge in [0.05, 0.1) is 7.11 Å². The lowest BCUT2D eigenvalue weighted by molar-refractivity contribution is 0.414. The van der Waals surface area contributed by atoms with Crippen molar-refractivity contribution in [2.75, 3.05) is 13.7 Å². The van der Waals surface area contributed by atoms with E-state index in [1.165, 1.54) is 24.8 Å². The first-order valence-corrected chi connectivity index (χ1v) is 7.37. The molecule has 0 saturated carbocycles. The van der Waals surface area contributed by atoms with Gasteiger partial charge in [0.25, 0.3) is 0 Å². The summed E-state index contributed by atoms with van der Waals surface area (Å²) in [5.74, 6) is 0.822. The Morgan fingerprint density at radius 2 is 1.89 bits per heavy atom.